The minimum atomic E-state index is -0.535. The van der Waals surface area contributed by atoms with E-state index in [0.29, 0.717) is 19.8 Å². The molecule has 1 aromatic carbocycles. The molecule has 0 atom stereocenters. The maximum atomic E-state index is 13.5. The zero-order valence-corrected chi connectivity index (χ0v) is 14.9. The van der Waals surface area contributed by atoms with Crippen molar-refractivity contribution in [3.8, 4) is 0 Å². The van der Waals surface area contributed by atoms with E-state index in [0.717, 1.165) is 54.4 Å². The number of nitrogens with one attached hydrogen (secondary N) is 1. The molecule has 0 saturated carbocycles. The third-order valence-corrected chi connectivity index (χ3v) is 4.92. The molecular weight excluding hydrogens is 360 g/mol. The summed E-state index contributed by atoms with van der Waals surface area (Å²) in [4.78, 5) is 18.6. The van der Waals surface area contributed by atoms with Crippen molar-refractivity contribution in [2.75, 3.05) is 37.0 Å². The van der Waals surface area contributed by atoms with E-state index in [1.54, 1.807) is 6.20 Å². The van der Waals surface area contributed by atoms with Gasteiger partial charge in [-0.15, -0.1) is 11.8 Å². The van der Waals surface area contributed by atoms with Crippen LogP contribution in [0.15, 0.2) is 41.4 Å². The van der Waals surface area contributed by atoms with Crippen LogP contribution in [0.25, 0.3) is 0 Å². The number of carbonyl (C=O) groups excluding carboxylic acids is 1. The average Bonchev–Trinajstić information content (AvgIpc) is 2.68. The molecule has 0 spiro atoms. The fourth-order valence-electron chi connectivity index (χ4n) is 2.48. The van der Waals surface area contributed by atoms with Crippen LogP contribution in [-0.4, -0.2) is 42.9 Å². The number of nitrogens with zero attached hydrogens (tertiary/aromatic N) is 2. The first-order valence-electron chi connectivity index (χ1n) is 8.24. The van der Waals surface area contributed by atoms with Gasteiger partial charge in [0.25, 0.3) is 0 Å². The van der Waals surface area contributed by atoms with E-state index in [9.17, 15) is 13.6 Å². The number of hydrogen-bond donors (Lipinski definition) is 1. The smallest absolute Gasteiger partial charge is 0.230 e. The lowest BCUT2D eigenvalue weighted by Gasteiger charge is -2.27. The summed E-state index contributed by atoms with van der Waals surface area (Å²) in [7, 11) is 0. The van der Waals surface area contributed by atoms with Crippen molar-refractivity contribution >= 4 is 23.5 Å². The number of anilines is 1. The molecular formula is C18H19F2N3O2S. The highest BCUT2D eigenvalue weighted by Gasteiger charge is 2.12. The lowest BCUT2D eigenvalue weighted by Crippen LogP contribution is -2.36. The molecule has 5 nitrogen and oxygen atoms in total. The van der Waals surface area contributed by atoms with Gasteiger partial charge in [-0.25, -0.2) is 13.8 Å². The Morgan fingerprint density at radius 2 is 2.04 bits per heavy atom. The number of benzene rings is 1. The molecule has 0 unspecified atom stereocenters. The Kier molecular flexibility index (Phi) is 6.40. The minimum absolute atomic E-state index is 0.0136. The fourth-order valence-corrected chi connectivity index (χ4v) is 3.27. The molecule has 1 N–H and O–H groups in total. The highest BCUT2D eigenvalue weighted by Crippen LogP contribution is 2.22. The highest BCUT2D eigenvalue weighted by molar-refractivity contribution is 8.00. The van der Waals surface area contributed by atoms with Crippen molar-refractivity contribution in [3.05, 3.63) is 53.7 Å². The first-order chi connectivity index (χ1) is 12.6. The summed E-state index contributed by atoms with van der Waals surface area (Å²) in [6, 6.07) is 7.02. The minimum Gasteiger partial charge on any atom is -0.378 e. The molecule has 1 amide bonds. The summed E-state index contributed by atoms with van der Waals surface area (Å²) in [5.41, 5.74) is 0.872. The Labute approximate surface area is 154 Å². The quantitative estimate of drug-likeness (QED) is 0.782. The molecule has 0 aliphatic carbocycles. The summed E-state index contributed by atoms with van der Waals surface area (Å²) in [5.74, 6) is -0.413. The van der Waals surface area contributed by atoms with Gasteiger partial charge in [-0.1, -0.05) is 6.07 Å². The number of halogens is 2. The monoisotopic (exact) mass is 379 g/mol. The first-order valence-corrected chi connectivity index (χ1v) is 9.22. The van der Waals surface area contributed by atoms with Crippen LogP contribution in [0.4, 0.5) is 14.6 Å². The van der Waals surface area contributed by atoms with Gasteiger partial charge in [0.1, 0.15) is 17.5 Å². The van der Waals surface area contributed by atoms with Crippen molar-refractivity contribution in [1.82, 2.24) is 10.3 Å². The number of ether oxygens (including phenoxy) is 1. The molecule has 26 heavy (non-hydrogen) atoms. The van der Waals surface area contributed by atoms with Gasteiger partial charge in [-0.05, 0) is 29.8 Å². The molecule has 3 rings (SSSR count). The molecule has 0 bridgehead atoms. The van der Waals surface area contributed by atoms with Crippen LogP contribution in [0.5, 0.6) is 0 Å². The highest BCUT2D eigenvalue weighted by atomic mass is 32.2. The second-order valence-electron chi connectivity index (χ2n) is 5.76. The van der Waals surface area contributed by atoms with Crippen LogP contribution in [0.2, 0.25) is 0 Å². The number of aromatic nitrogens is 1. The Balaban J connectivity index is 1.46. The molecule has 1 aliphatic rings. The number of carbonyl (C=O) groups is 1. The Hall–Kier alpha value is -2.19. The number of thioether (sulfide) groups is 1. The predicted molar refractivity (Wildman–Crippen MR) is 96.2 cm³/mol. The summed E-state index contributed by atoms with van der Waals surface area (Å²) < 4.78 is 31.9. The third kappa shape index (κ3) is 5.15. The maximum absolute atomic E-state index is 13.5. The molecule has 1 fully saturated rings. The zero-order chi connectivity index (χ0) is 18.4. The third-order valence-electron chi connectivity index (χ3n) is 3.89. The summed E-state index contributed by atoms with van der Waals surface area (Å²) >= 11 is 0.965. The second-order valence-corrected chi connectivity index (χ2v) is 6.78. The van der Waals surface area contributed by atoms with Gasteiger partial charge in [0.15, 0.2) is 0 Å². The Morgan fingerprint density at radius 3 is 2.77 bits per heavy atom. The van der Waals surface area contributed by atoms with Gasteiger partial charge in [0.2, 0.25) is 5.91 Å². The number of hydrogen-bond acceptors (Lipinski definition) is 5. The number of rotatable bonds is 6. The molecule has 8 heteroatoms. The van der Waals surface area contributed by atoms with Crippen molar-refractivity contribution in [3.63, 3.8) is 0 Å². The zero-order valence-electron chi connectivity index (χ0n) is 14.1. The van der Waals surface area contributed by atoms with Gasteiger partial charge in [0.05, 0.1) is 19.0 Å². The maximum Gasteiger partial charge on any atom is 0.230 e. The van der Waals surface area contributed by atoms with E-state index in [-0.39, 0.29) is 16.6 Å². The second kappa shape index (κ2) is 8.95. The number of morpholine rings is 1. The molecule has 2 aromatic rings. The van der Waals surface area contributed by atoms with Crippen molar-refractivity contribution < 1.29 is 18.3 Å². The van der Waals surface area contributed by atoms with E-state index in [1.807, 2.05) is 12.1 Å². The standard InChI is InChI=1S/C18H19F2N3O2S/c19-14-2-3-15(20)16(9-14)26-12-18(24)22-11-13-1-4-17(21-10-13)23-5-7-25-8-6-23/h1-4,9-10H,5-8,11-12H2,(H,22,24). The van der Waals surface area contributed by atoms with E-state index >= 15 is 0 Å². The lowest BCUT2D eigenvalue weighted by molar-refractivity contribution is -0.118. The van der Waals surface area contributed by atoms with Crippen LogP contribution in [0.1, 0.15) is 5.56 Å². The molecule has 0 radical (unpaired) electrons. The van der Waals surface area contributed by atoms with E-state index in [2.05, 4.69) is 15.2 Å². The molecule has 1 saturated heterocycles. The van der Waals surface area contributed by atoms with Crippen molar-refractivity contribution in [2.45, 2.75) is 11.4 Å². The number of amides is 1. The summed E-state index contributed by atoms with van der Waals surface area (Å²) in [6.07, 6.45) is 1.73. The lowest BCUT2D eigenvalue weighted by atomic mass is 10.2. The van der Waals surface area contributed by atoms with Crippen LogP contribution < -0.4 is 10.2 Å². The van der Waals surface area contributed by atoms with Gasteiger partial charge in [-0.3, -0.25) is 4.79 Å². The van der Waals surface area contributed by atoms with Gasteiger partial charge in [0, 0.05) is 30.7 Å². The normalized spacial score (nSPS) is 14.3. The summed E-state index contributed by atoms with van der Waals surface area (Å²) in [5, 5.41) is 2.75. The van der Waals surface area contributed by atoms with Crippen LogP contribution >= 0.6 is 11.8 Å². The topological polar surface area (TPSA) is 54.5 Å². The van der Waals surface area contributed by atoms with Crippen LogP contribution in [0, 0.1) is 11.6 Å². The molecule has 138 valence electrons. The Morgan fingerprint density at radius 1 is 1.23 bits per heavy atom. The molecule has 2 heterocycles. The van der Waals surface area contributed by atoms with Gasteiger partial charge in [-0.2, -0.15) is 0 Å². The van der Waals surface area contributed by atoms with E-state index in [4.69, 9.17) is 4.74 Å². The van der Waals surface area contributed by atoms with Crippen molar-refractivity contribution in [1.29, 1.82) is 0 Å². The average molecular weight is 379 g/mol. The molecule has 1 aliphatic heterocycles. The Bertz CT molecular complexity index is 753. The van der Waals surface area contributed by atoms with E-state index in [1.165, 1.54) is 0 Å². The summed E-state index contributed by atoms with van der Waals surface area (Å²) in [6.45, 7) is 3.36. The first kappa shape index (κ1) is 18.6. The molecule has 1 aromatic heterocycles. The largest absolute Gasteiger partial charge is 0.378 e. The van der Waals surface area contributed by atoms with E-state index < -0.39 is 11.6 Å². The fraction of sp³-hybridized carbons (Fsp3) is 0.333. The van der Waals surface area contributed by atoms with Crippen LogP contribution in [0.3, 0.4) is 0 Å². The van der Waals surface area contributed by atoms with Crippen molar-refractivity contribution in [2.24, 2.45) is 0 Å². The van der Waals surface area contributed by atoms with Gasteiger partial charge < -0.3 is 15.0 Å². The van der Waals surface area contributed by atoms with Gasteiger partial charge >= 0.3 is 0 Å². The predicted octanol–water partition coefficient (Wildman–Crippen LogP) is 2.60. The number of pyridine rings is 1. The van der Waals surface area contributed by atoms with Crippen LogP contribution in [-0.2, 0) is 16.1 Å². The SMILES string of the molecule is O=C(CSc1cc(F)ccc1F)NCc1ccc(N2CCOCC2)nc1.